The second-order valence-electron chi connectivity index (χ2n) is 1.24. The van der Waals surface area contributed by atoms with Crippen molar-refractivity contribution in [2.75, 3.05) is 0 Å². The maximum Gasteiger partial charge on any atom is 0.224 e. The van der Waals surface area contributed by atoms with Gasteiger partial charge >= 0.3 is 0 Å². The number of aliphatic hydroxyl groups is 1. The van der Waals surface area contributed by atoms with Crippen molar-refractivity contribution in [2.24, 2.45) is 0 Å². The summed E-state index contributed by atoms with van der Waals surface area (Å²) in [4.78, 5) is 20.2. The molecule has 0 rings (SSSR count). The summed E-state index contributed by atoms with van der Waals surface area (Å²) in [5.74, 6) is -1.26. The van der Waals surface area contributed by atoms with Crippen LogP contribution in [0.15, 0.2) is 12.3 Å². The first-order valence-corrected chi connectivity index (χ1v) is 2.04. The average molecular weight is 114 g/mol. The van der Waals surface area contributed by atoms with Crippen LogP contribution in [-0.2, 0) is 9.59 Å². The molecule has 0 fully saturated rings. The molecule has 3 heteroatoms. The quantitative estimate of drug-likeness (QED) is 0.317. The van der Waals surface area contributed by atoms with Crippen LogP contribution in [0.4, 0.5) is 0 Å². The van der Waals surface area contributed by atoms with Gasteiger partial charge in [-0.3, -0.25) is 9.59 Å². The molecule has 0 saturated heterocycles. The molecule has 3 nitrogen and oxygen atoms in total. The summed E-state index contributed by atoms with van der Waals surface area (Å²) in [5.41, 5.74) is 0. The number of hydrogen-bond acceptors (Lipinski definition) is 3. The number of rotatable bonds is 2. The first-order valence-electron chi connectivity index (χ1n) is 2.04. The minimum absolute atomic E-state index is 0.545. The molecule has 0 radical (unpaired) electrons. The SMILES string of the molecule is CC(=O)C(=O)/C=C/O. The molecule has 0 aliphatic rings. The molecule has 0 unspecified atom stereocenters. The van der Waals surface area contributed by atoms with Gasteiger partial charge in [-0.2, -0.15) is 0 Å². The van der Waals surface area contributed by atoms with Gasteiger partial charge in [-0.1, -0.05) is 0 Å². The Bertz CT molecular complexity index is 135. The Morgan fingerprint density at radius 2 is 2.00 bits per heavy atom. The van der Waals surface area contributed by atoms with E-state index in [2.05, 4.69) is 0 Å². The Morgan fingerprint density at radius 1 is 1.50 bits per heavy atom. The van der Waals surface area contributed by atoms with E-state index in [4.69, 9.17) is 5.11 Å². The van der Waals surface area contributed by atoms with Crippen LogP contribution in [0.25, 0.3) is 0 Å². The Labute approximate surface area is 46.6 Å². The molecule has 0 heterocycles. The molecule has 8 heavy (non-hydrogen) atoms. The summed E-state index contributed by atoms with van der Waals surface area (Å²) in [7, 11) is 0. The van der Waals surface area contributed by atoms with Crippen LogP contribution in [0.5, 0.6) is 0 Å². The van der Waals surface area contributed by atoms with E-state index in [1.165, 1.54) is 0 Å². The van der Waals surface area contributed by atoms with E-state index in [0.29, 0.717) is 6.26 Å². The monoisotopic (exact) mass is 114 g/mol. The van der Waals surface area contributed by atoms with E-state index >= 15 is 0 Å². The van der Waals surface area contributed by atoms with E-state index in [1.54, 1.807) is 0 Å². The summed E-state index contributed by atoms with van der Waals surface area (Å²) in [6.45, 7) is 1.14. The molecule has 1 N–H and O–H groups in total. The maximum absolute atomic E-state index is 10.1. The number of carbonyl (C=O) groups is 2. The first kappa shape index (κ1) is 6.88. The van der Waals surface area contributed by atoms with Gasteiger partial charge in [-0.15, -0.1) is 0 Å². The van der Waals surface area contributed by atoms with Gasteiger partial charge in [0.05, 0.1) is 6.26 Å². The lowest BCUT2D eigenvalue weighted by Crippen LogP contribution is -2.04. The molecule has 0 aliphatic carbocycles. The maximum atomic E-state index is 10.1. The van der Waals surface area contributed by atoms with Crippen LogP contribution < -0.4 is 0 Å². The zero-order valence-electron chi connectivity index (χ0n) is 4.42. The van der Waals surface area contributed by atoms with Gasteiger partial charge in [0.1, 0.15) is 0 Å². The number of Topliss-reactive ketones (excluding diaryl/α,β-unsaturated/α-hetero) is 1. The molecule has 0 aromatic heterocycles. The summed E-state index contributed by atoms with van der Waals surface area (Å²) in [6.07, 6.45) is 1.35. The van der Waals surface area contributed by atoms with Crippen molar-refractivity contribution in [3.05, 3.63) is 12.3 Å². The summed E-state index contributed by atoms with van der Waals surface area (Å²) >= 11 is 0. The Hall–Kier alpha value is -1.12. The van der Waals surface area contributed by atoms with E-state index < -0.39 is 11.6 Å². The van der Waals surface area contributed by atoms with Crippen molar-refractivity contribution >= 4 is 11.6 Å². The molecule has 0 aromatic rings. The van der Waals surface area contributed by atoms with E-state index in [-0.39, 0.29) is 0 Å². The summed E-state index contributed by atoms with van der Waals surface area (Å²) in [6, 6.07) is 0. The van der Waals surface area contributed by atoms with Gasteiger partial charge in [0, 0.05) is 13.0 Å². The predicted molar refractivity (Wildman–Crippen MR) is 27.5 cm³/mol. The van der Waals surface area contributed by atoms with Crippen molar-refractivity contribution < 1.29 is 14.7 Å². The highest BCUT2D eigenvalue weighted by molar-refractivity contribution is 6.40. The molecule has 0 aliphatic heterocycles. The highest BCUT2D eigenvalue weighted by atomic mass is 16.2. The van der Waals surface area contributed by atoms with Gasteiger partial charge in [0.2, 0.25) is 5.78 Å². The Morgan fingerprint density at radius 3 is 2.12 bits per heavy atom. The van der Waals surface area contributed by atoms with Crippen molar-refractivity contribution in [2.45, 2.75) is 6.92 Å². The lowest BCUT2D eigenvalue weighted by Gasteiger charge is -1.78. The third-order valence-corrected chi connectivity index (χ3v) is 0.573. The van der Waals surface area contributed by atoms with Crippen LogP contribution in [0, 0.1) is 0 Å². The van der Waals surface area contributed by atoms with Crippen LogP contribution in [0.2, 0.25) is 0 Å². The van der Waals surface area contributed by atoms with Crippen molar-refractivity contribution in [1.82, 2.24) is 0 Å². The zero-order valence-corrected chi connectivity index (χ0v) is 4.42. The minimum Gasteiger partial charge on any atom is -0.515 e. The number of allylic oxidation sites excluding steroid dienone is 1. The number of carbonyl (C=O) groups excluding carboxylic acids is 2. The number of ketones is 2. The molecule has 0 bridgehead atoms. The molecule has 0 spiro atoms. The topological polar surface area (TPSA) is 54.4 Å². The van der Waals surface area contributed by atoms with Crippen LogP contribution in [-0.4, -0.2) is 16.7 Å². The molecule has 0 atom stereocenters. The van der Waals surface area contributed by atoms with E-state index in [1.807, 2.05) is 0 Å². The fourth-order valence-corrected chi connectivity index (χ4v) is 0.185. The molecule has 0 amide bonds. The average Bonchev–Trinajstić information content (AvgIpc) is 1.67. The van der Waals surface area contributed by atoms with E-state index in [0.717, 1.165) is 13.0 Å². The Balaban J connectivity index is 3.85. The number of hydrogen-bond donors (Lipinski definition) is 1. The molecular weight excluding hydrogens is 108 g/mol. The third-order valence-electron chi connectivity index (χ3n) is 0.573. The lowest BCUT2D eigenvalue weighted by molar-refractivity contribution is -0.132. The highest BCUT2D eigenvalue weighted by Gasteiger charge is 1.99. The number of aliphatic hydroxyl groups excluding tert-OH is 1. The predicted octanol–water partition coefficient (Wildman–Crippen LogP) is 0.216. The van der Waals surface area contributed by atoms with Gasteiger partial charge in [0.25, 0.3) is 0 Å². The molecule has 0 aromatic carbocycles. The van der Waals surface area contributed by atoms with Crippen LogP contribution in [0.1, 0.15) is 6.92 Å². The van der Waals surface area contributed by atoms with Crippen molar-refractivity contribution in [3.8, 4) is 0 Å². The smallest absolute Gasteiger partial charge is 0.224 e. The normalized spacial score (nSPS) is 9.62. The Kier molecular flexibility index (Phi) is 2.54. The van der Waals surface area contributed by atoms with E-state index in [9.17, 15) is 9.59 Å². The zero-order chi connectivity index (χ0) is 6.57. The van der Waals surface area contributed by atoms with Gasteiger partial charge in [-0.25, -0.2) is 0 Å². The fraction of sp³-hybridized carbons (Fsp3) is 0.200. The highest BCUT2D eigenvalue weighted by Crippen LogP contribution is 1.75. The second-order valence-corrected chi connectivity index (χ2v) is 1.24. The van der Waals surface area contributed by atoms with Gasteiger partial charge in [-0.05, 0) is 0 Å². The molecular formula is C5H6O3. The van der Waals surface area contributed by atoms with Crippen molar-refractivity contribution in [3.63, 3.8) is 0 Å². The second kappa shape index (κ2) is 2.96. The van der Waals surface area contributed by atoms with Gasteiger partial charge in [0.15, 0.2) is 5.78 Å². The lowest BCUT2D eigenvalue weighted by atomic mass is 10.3. The fourth-order valence-electron chi connectivity index (χ4n) is 0.185. The first-order chi connectivity index (χ1) is 3.68. The standard InChI is InChI=1S/C5H6O3/c1-4(7)5(8)2-3-6/h2-3,6H,1H3/b3-2+. The third kappa shape index (κ3) is 2.12. The molecule has 44 valence electrons. The van der Waals surface area contributed by atoms with Crippen LogP contribution >= 0.6 is 0 Å². The van der Waals surface area contributed by atoms with Crippen molar-refractivity contribution in [1.29, 1.82) is 0 Å². The van der Waals surface area contributed by atoms with Crippen LogP contribution in [0.3, 0.4) is 0 Å². The minimum atomic E-state index is -0.688. The summed E-state index contributed by atoms with van der Waals surface area (Å²) in [5, 5.41) is 7.93. The largest absolute Gasteiger partial charge is 0.515 e. The van der Waals surface area contributed by atoms with Gasteiger partial charge < -0.3 is 5.11 Å². The summed E-state index contributed by atoms with van der Waals surface area (Å²) < 4.78 is 0. The molecule has 0 saturated carbocycles.